The number of imidazole rings is 1. The van der Waals surface area contributed by atoms with Gasteiger partial charge in [-0.15, -0.1) is 0 Å². The Hall–Kier alpha value is -2.52. The lowest BCUT2D eigenvalue weighted by Crippen LogP contribution is -2.07. The topological polar surface area (TPSA) is 93.9 Å². The van der Waals surface area contributed by atoms with Gasteiger partial charge in [0.25, 0.3) is 0 Å². The van der Waals surface area contributed by atoms with Gasteiger partial charge in [0.15, 0.2) is 15.0 Å². The second-order valence-corrected chi connectivity index (χ2v) is 9.12. The fraction of sp³-hybridized carbons (Fsp3) is 0.278. The maximum atomic E-state index is 12.3. The molecule has 0 aliphatic heterocycles. The highest BCUT2D eigenvalue weighted by Gasteiger charge is 2.19. The number of hydrogen-bond donors (Lipinski definition) is 1. The predicted molar refractivity (Wildman–Crippen MR) is 106 cm³/mol. The molecule has 2 aromatic heterocycles. The van der Waals surface area contributed by atoms with Crippen molar-refractivity contribution in [2.75, 3.05) is 11.6 Å². The van der Waals surface area contributed by atoms with Crippen LogP contribution in [0.1, 0.15) is 25.4 Å². The van der Waals surface area contributed by atoms with E-state index in [0.29, 0.717) is 17.2 Å². The molecule has 0 atom stereocenters. The lowest BCUT2D eigenvalue weighted by Gasteiger charge is -2.13. The van der Waals surface area contributed by atoms with Gasteiger partial charge in [-0.05, 0) is 24.6 Å². The number of aromatic nitrogens is 3. The van der Waals surface area contributed by atoms with Crippen LogP contribution in [-0.2, 0) is 21.1 Å². The van der Waals surface area contributed by atoms with Crippen molar-refractivity contribution in [2.24, 2.45) is 0 Å². The molecule has 0 bridgehead atoms. The zero-order chi connectivity index (χ0) is 19.8. The molecule has 0 radical (unpaired) electrons. The van der Waals surface area contributed by atoms with Crippen LogP contribution in [0.15, 0.2) is 35.5 Å². The number of aryl methyl sites for hydroxylation is 2. The first-order valence-electron chi connectivity index (χ1n) is 8.32. The molecule has 0 saturated carbocycles. The molecule has 0 aliphatic carbocycles. The maximum Gasteiger partial charge on any atom is 0.223 e. The summed E-state index contributed by atoms with van der Waals surface area (Å²) in [5.74, 6) is 0.589. The third-order valence-corrected chi connectivity index (χ3v) is 6.26. The molecule has 7 nitrogen and oxygen atoms in total. The molecule has 0 fully saturated rings. The van der Waals surface area contributed by atoms with E-state index in [1.165, 1.54) is 24.5 Å². The highest BCUT2D eigenvalue weighted by Crippen LogP contribution is 2.35. The summed E-state index contributed by atoms with van der Waals surface area (Å²) in [6, 6.07) is 5.20. The lowest BCUT2D eigenvalue weighted by molar-refractivity contribution is -0.114. The number of carbonyl (C=O) groups excluding carboxylic acids is 1. The second kappa shape index (κ2) is 7.24. The Balaban J connectivity index is 2.19. The van der Waals surface area contributed by atoms with Crippen molar-refractivity contribution in [1.82, 2.24) is 14.5 Å². The molecule has 142 valence electrons. The predicted octanol–water partition coefficient (Wildman–Crippen LogP) is 3.23. The normalized spacial score (nSPS) is 11.6. The first-order valence-corrected chi connectivity index (χ1v) is 11.0. The minimum absolute atomic E-state index is 0.186. The molecular formula is C18H20N4O3S2. The number of nitrogens with one attached hydrogen (secondary N) is 1. The summed E-state index contributed by atoms with van der Waals surface area (Å²) in [6.07, 6.45) is 5.28. The Bertz CT molecular complexity index is 1110. The minimum atomic E-state index is -3.42. The molecule has 9 heteroatoms. The highest BCUT2D eigenvalue weighted by molar-refractivity contribution is 7.90. The van der Waals surface area contributed by atoms with Gasteiger partial charge >= 0.3 is 0 Å². The van der Waals surface area contributed by atoms with E-state index in [2.05, 4.69) is 15.3 Å². The number of thiazole rings is 1. The average Bonchev–Trinajstić information content (AvgIpc) is 3.19. The first-order chi connectivity index (χ1) is 12.7. The van der Waals surface area contributed by atoms with Crippen LogP contribution >= 0.6 is 11.3 Å². The van der Waals surface area contributed by atoms with Crippen LogP contribution in [0.5, 0.6) is 0 Å². The molecule has 27 heavy (non-hydrogen) atoms. The number of nitrogens with zero attached hydrogens (tertiary/aromatic N) is 3. The van der Waals surface area contributed by atoms with E-state index in [1.807, 2.05) is 19.9 Å². The van der Waals surface area contributed by atoms with Crippen LogP contribution in [0.2, 0.25) is 0 Å². The third kappa shape index (κ3) is 3.93. The van der Waals surface area contributed by atoms with Crippen molar-refractivity contribution in [1.29, 1.82) is 0 Å². The van der Waals surface area contributed by atoms with Crippen molar-refractivity contribution in [2.45, 2.75) is 32.1 Å². The smallest absolute Gasteiger partial charge is 0.223 e. The van der Waals surface area contributed by atoms with Gasteiger partial charge in [0.1, 0.15) is 5.82 Å². The van der Waals surface area contributed by atoms with E-state index < -0.39 is 9.84 Å². The molecule has 0 spiro atoms. The number of hydrogen-bond acceptors (Lipinski definition) is 6. The number of carbonyl (C=O) groups is 1. The van der Waals surface area contributed by atoms with Crippen molar-refractivity contribution in [3.63, 3.8) is 0 Å². The van der Waals surface area contributed by atoms with Crippen LogP contribution in [0.4, 0.5) is 5.13 Å². The summed E-state index contributed by atoms with van der Waals surface area (Å²) in [5, 5.41) is 3.20. The molecule has 0 aliphatic rings. The molecule has 0 unspecified atom stereocenters. The lowest BCUT2D eigenvalue weighted by atomic mass is 10.1. The van der Waals surface area contributed by atoms with E-state index in [4.69, 9.17) is 0 Å². The first kappa shape index (κ1) is 19.2. The highest BCUT2D eigenvalue weighted by atomic mass is 32.2. The number of amides is 1. The van der Waals surface area contributed by atoms with Crippen molar-refractivity contribution >= 4 is 32.2 Å². The van der Waals surface area contributed by atoms with Crippen molar-refractivity contribution < 1.29 is 13.2 Å². The van der Waals surface area contributed by atoms with Gasteiger partial charge in [0.05, 0.1) is 21.2 Å². The summed E-state index contributed by atoms with van der Waals surface area (Å²) in [5.41, 5.74) is 2.15. The average molecular weight is 405 g/mol. The summed E-state index contributed by atoms with van der Waals surface area (Å²) >= 11 is 1.35. The molecule has 1 N–H and O–H groups in total. The van der Waals surface area contributed by atoms with Crippen molar-refractivity contribution in [3.05, 3.63) is 42.1 Å². The van der Waals surface area contributed by atoms with Gasteiger partial charge in [0.2, 0.25) is 5.91 Å². The van der Waals surface area contributed by atoms with Gasteiger partial charge in [-0.3, -0.25) is 4.79 Å². The van der Waals surface area contributed by atoms with Crippen LogP contribution < -0.4 is 5.32 Å². The Morgan fingerprint density at radius 1 is 1.33 bits per heavy atom. The molecule has 3 aromatic rings. The SMILES string of the molecule is CCc1nccn1-c1cc(-c2sc(NC(C)=O)nc2C)ccc1S(C)(=O)=O. The summed E-state index contributed by atoms with van der Waals surface area (Å²) < 4.78 is 26.4. The Morgan fingerprint density at radius 2 is 2.07 bits per heavy atom. The van der Waals surface area contributed by atoms with E-state index in [0.717, 1.165) is 22.0 Å². The summed E-state index contributed by atoms with van der Waals surface area (Å²) in [7, 11) is -3.42. The van der Waals surface area contributed by atoms with Crippen LogP contribution in [0.25, 0.3) is 16.1 Å². The van der Waals surface area contributed by atoms with Gasteiger partial charge in [-0.2, -0.15) is 0 Å². The van der Waals surface area contributed by atoms with E-state index in [-0.39, 0.29) is 10.8 Å². The van der Waals surface area contributed by atoms with E-state index in [9.17, 15) is 13.2 Å². The quantitative estimate of drug-likeness (QED) is 0.705. The number of sulfone groups is 1. The maximum absolute atomic E-state index is 12.3. The molecule has 3 rings (SSSR count). The molecule has 1 aromatic carbocycles. The molecule has 0 saturated heterocycles. The van der Waals surface area contributed by atoms with Gasteiger partial charge in [-0.25, -0.2) is 18.4 Å². The standard InChI is InChI=1S/C18H20N4O3S2/c1-5-16-19-8-9-22(16)14-10-13(6-7-15(14)27(4,24)25)17-11(2)20-18(26-17)21-12(3)23/h6-10H,5H2,1-4H3,(H,20,21,23). The fourth-order valence-electron chi connectivity index (χ4n) is 2.84. The molecular weight excluding hydrogens is 384 g/mol. The minimum Gasteiger partial charge on any atom is -0.302 e. The van der Waals surface area contributed by atoms with Crippen LogP contribution in [0.3, 0.4) is 0 Å². The van der Waals surface area contributed by atoms with Crippen LogP contribution in [-0.4, -0.2) is 35.1 Å². The zero-order valence-corrected chi connectivity index (χ0v) is 17.1. The Labute approximate surface area is 162 Å². The monoisotopic (exact) mass is 404 g/mol. The van der Waals surface area contributed by atoms with E-state index >= 15 is 0 Å². The summed E-state index contributed by atoms with van der Waals surface area (Å²) in [6.45, 7) is 5.26. The van der Waals surface area contributed by atoms with Gasteiger partial charge < -0.3 is 9.88 Å². The number of anilines is 1. The third-order valence-electron chi connectivity index (χ3n) is 3.99. The molecule has 1 amide bonds. The fourth-order valence-corrected chi connectivity index (χ4v) is 4.71. The van der Waals surface area contributed by atoms with Crippen LogP contribution in [0, 0.1) is 6.92 Å². The zero-order valence-electron chi connectivity index (χ0n) is 15.5. The van der Waals surface area contributed by atoms with E-state index in [1.54, 1.807) is 29.1 Å². The Morgan fingerprint density at radius 3 is 2.70 bits per heavy atom. The Kier molecular flexibility index (Phi) is 5.16. The van der Waals surface area contributed by atoms with Gasteiger partial charge in [0, 0.05) is 32.0 Å². The van der Waals surface area contributed by atoms with Gasteiger partial charge in [-0.1, -0.05) is 24.3 Å². The second-order valence-electron chi connectivity index (χ2n) is 6.14. The summed E-state index contributed by atoms with van der Waals surface area (Å²) in [4.78, 5) is 21.1. The molecule has 2 heterocycles. The number of rotatable bonds is 5. The largest absolute Gasteiger partial charge is 0.302 e. The van der Waals surface area contributed by atoms with Crippen molar-refractivity contribution in [3.8, 4) is 16.1 Å². The number of benzene rings is 1.